The first-order valence-corrected chi connectivity index (χ1v) is 7.33. The summed E-state index contributed by atoms with van der Waals surface area (Å²) in [7, 11) is 0. The molecule has 0 spiro atoms. The molecule has 0 rings (SSSR count). The Morgan fingerprint density at radius 2 is 1.52 bits per heavy atom. The molecule has 2 atom stereocenters. The zero-order chi connectivity index (χ0) is 17.1. The van der Waals surface area contributed by atoms with Crippen LogP contribution in [0.5, 0.6) is 0 Å². The molecule has 0 radical (unpaired) electrons. The van der Waals surface area contributed by atoms with E-state index in [-0.39, 0.29) is 17.5 Å². The summed E-state index contributed by atoms with van der Waals surface area (Å²) in [6.07, 6.45) is 0. The fraction of sp³-hybridized carbons (Fsp3) is 0.846. The Balaban J connectivity index is 0. The third-order valence-electron chi connectivity index (χ3n) is 3.10. The molecule has 0 aliphatic carbocycles. The van der Waals surface area contributed by atoms with E-state index in [0.717, 1.165) is 18.9 Å². The third kappa shape index (κ3) is 10.6. The first-order valence-electron chi connectivity index (χ1n) is 6.57. The van der Waals surface area contributed by atoms with Gasteiger partial charge in [0.25, 0.3) is 0 Å². The molecule has 0 amide bonds. The van der Waals surface area contributed by atoms with E-state index >= 15 is 0 Å². The Morgan fingerprint density at radius 3 is 1.86 bits per heavy atom. The van der Waals surface area contributed by atoms with Crippen LogP contribution >= 0.6 is 0 Å². The van der Waals surface area contributed by atoms with Crippen LogP contribution in [-0.2, 0) is 22.4 Å². The normalized spacial score (nSPS) is 15.9. The van der Waals surface area contributed by atoms with Gasteiger partial charge in [0.1, 0.15) is 0 Å². The van der Waals surface area contributed by atoms with E-state index in [1.54, 1.807) is 13.8 Å². The van der Waals surface area contributed by atoms with Crippen LogP contribution in [0.3, 0.4) is 0 Å². The molecular weight excluding hydrogens is 359 g/mol. The zero-order valence-electron chi connectivity index (χ0n) is 13.5. The second-order valence-electron chi connectivity index (χ2n) is 5.67. The Labute approximate surface area is 137 Å². The molecule has 0 fully saturated rings. The fourth-order valence-electron chi connectivity index (χ4n) is 1.24. The standard InChI is InChI=1S/C13H26N4O2.O.Tc/c1-9(11(3)16-18)14-7-13(5,6)8-15-10(2)12(4)17-19;;/h9-10,18-19H,7-8H2,1-6H3;;/q-2;;+3/p-1/b16-11+,17-12+;;/i;;1+1. The average Bonchev–Trinajstić information content (AvgIpc) is 2.50. The van der Waals surface area contributed by atoms with E-state index in [1.165, 1.54) is 0 Å². The third-order valence-corrected chi connectivity index (χ3v) is 3.10. The summed E-state index contributed by atoms with van der Waals surface area (Å²) in [5.74, 6) is 0. The summed E-state index contributed by atoms with van der Waals surface area (Å²) >= 11 is 0.900. The van der Waals surface area contributed by atoms with E-state index in [4.69, 9.17) is 8.71 Å². The summed E-state index contributed by atoms with van der Waals surface area (Å²) in [6, 6.07) is -0.262. The number of oxime groups is 1. The van der Waals surface area contributed by atoms with Gasteiger partial charge in [-0.15, -0.1) is 24.3 Å². The number of hydrogen-bond acceptors (Lipinski definition) is 5. The summed E-state index contributed by atoms with van der Waals surface area (Å²) < 4.78 is 8.22. The van der Waals surface area contributed by atoms with Crippen LogP contribution in [0.1, 0.15) is 41.5 Å². The second kappa shape index (κ2) is 11.9. The van der Waals surface area contributed by atoms with Gasteiger partial charge >= 0.3 is 22.4 Å². The van der Waals surface area contributed by atoms with Crippen molar-refractivity contribution in [1.29, 1.82) is 0 Å². The van der Waals surface area contributed by atoms with Gasteiger partial charge < -0.3 is 26.2 Å². The van der Waals surface area contributed by atoms with E-state index in [9.17, 15) is 5.21 Å². The van der Waals surface area contributed by atoms with Crippen LogP contribution in [0.4, 0.5) is 0 Å². The molecular formula is C13H25N4O3Tc. The Hall–Kier alpha value is -0.691. The summed E-state index contributed by atoms with van der Waals surface area (Å²) in [4.78, 5) is 0. The predicted octanol–water partition coefficient (Wildman–Crippen LogP) is 3.22. The van der Waals surface area contributed by atoms with Crippen LogP contribution in [-0.4, -0.2) is 41.8 Å². The first-order chi connectivity index (χ1) is 9.73. The van der Waals surface area contributed by atoms with Gasteiger partial charge in [-0.1, -0.05) is 39.2 Å². The van der Waals surface area contributed by atoms with Gasteiger partial charge in [0.15, 0.2) is 0 Å². The minimum absolute atomic E-state index is 0.0958. The van der Waals surface area contributed by atoms with Gasteiger partial charge in [-0.25, -0.2) is 0 Å². The molecule has 0 saturated heterocycles. The topological polar surface area (TPSA) is 113 Å². The van der Waals surface area contributed by atoms with E-state index < -0.39 is 0 Å². The van der Waals surface area contributed by atoms with Crippen LogP contribution in [0.2, 0.25) is 0 Å². The molecule has 0 aromatic heterocycles. The number of nitrogens with zero attached hydrogens (tertiary/aromatic N) is 4. The second-order valence-corrected chi connectivity index (χ2v) is 5.67. The average molecular weight is 384 g/mol. The monoisotopic (exact) mass is 384 g/mol. The van der Waals surface area contributed by atoms with E-state index in [2.05, 4.69) is 34.8 Å². The molecule has 0 bridgehead atoms. The van der Waals surface area contributed by atoms with Gasteiger partial charge in [0.2, 0.25) is 0 Å². The predicted molar refractivity (Wildman–Crippen MR) is 81.2 cm³/mol. The molecule has 0 aromatic carbocycles. The van der Waals surface area contributed by atoms with Gasteiger partial charge in [-0.3, -0.25) is 0 Å². The van der Waals surface area contributed by atoms with Gasteiger partial charge in [0.05, 0.1) is 0 Å². The fourth-order valence-corrected chi connectivity index (χ4v) is 1.24. The van der Waals surface area contributed by atoms with Crippen molar-refractivity contribution in [3.8, 4) is 0 Å². The summed E-state index contributed by atoms with van der Waals surface area (Å²) in [5.41, 5.74) is 0.987. The van der Waals surface area contributed by atoms with Crippen molar-refractivity contribution in [2.24, 2.45) is 15.7 Å². The van der Waals surface area contributed by atoms with Gasteiger partial charge in [0, 0.05) is 5.71 Å². The maximum absolute atomic E-state index is 10.4. The van der Waals surface area contributed by atoms with Crippen molar-refractivity contribution >= 4 is 11.4 Å². The van der Waals surface area contributed by atoms with E-state index in [0.29, 0.717) is 24.5 Å². The maximum atomic E-state index is 10.4. The van der Waals surface area contributed by atoms with Crippen LogP contribution < -0.4 is 0 Å². The quantitative estimate of drug-likeness (QED) is 0.394. The SMILES string of the molecule is C/C(=N\[O-])C(C)[N-]CC(C)(C)C[N-]C(C)/C(C)=N/O.[O]=[99Tc+3]. The Morgan fingerprint density at radius 1 is 1.14 bits per heavy atom. The van der Waals surface area contributed by atoms with Crippen molar-refractivity contribution in [1.82, 2.24) is 0 Å². The number of rotatable bonds is 8. The van der Waals surface area contributed by atoms with E-state index in [1.807, 2.05) is 13.8 Å². The van der Waals surface area contributed by atoms with Gasteiger partial charge in [-0.2, -0.15) is 0 Å². The molecule has 0 aliphatic rings. The first kappa shape index (κ1) is 22.6. The van der Waals surface area contributed by atoms with Gasteiger partial charge in [-0.05, 0) is 19.6 Å². The molecule has 0 saturated carbocycles. The molecule has 8 heteroatoms. The van der Waals surface area contributed by atoms with Crippen molar-refractivity contribution < 1.29 is 27.6 Å². The van der Waals surface area contributed by atoms with Crippen LogP contribution in [0, 0.1) is 10.6 Å². The molecule has 122 valence electrons. The Kier molecular flexibility index (Phi) is 12.8. The van der Waals surface area contributed by atoms with Crippen LogP contribution in [0.15, 0.2) is 10.3 Å². The molecule has 2 unspecified atom stereocenters. The van der Waals surface area contributed by atoms with Crippen molar-refractivity contribution in [3.63, 3.8) is 0 Å². The molecule has 0 aromatic rings. The van der Waals surface area contributed by atoms with Crippen molar-refractivity contribution in [2.75, 3.05) is 13.1 Å². The molecule has 1 N–H and O–H groups in total. The summed E-state index contributed by atoms with van der Waals surface area (Å²) in [5, 5.41) is 34.0. The molecule has 0 aliphatic heterocycles. The number of hydrogen-bond donors (Lipinski definition) is 1. The Bertz CT molecular complexity index is 318. The zero-order valence-corrected chi connectivity index (χ0v) is 15.4. The van der Waals surface area contributed by atoms with Crippen LogP contribution in [0.25, 0.3) is 10.6 Å². The molecule has 21 heavy (non-hydrogen) atoms. The van der Waals surface area contributed by atoms with Crippen molar-refractivity contribution in [3.05, 3.63) is 15.8 Å². The minimum atomic E-state index is -0.157. The van der Waals surface area contributed by atoms with Crippen molar-refractivity contribution in [2.45, 2.75) is 53.6 Å². The molecule has 7 nitrogen and oxygen atoms in total. The molecule has 0 heterocycles. The summed E-state index contributed by atoms with van der Waals surface area (Å²) in [6.45, 7) is 12.5.